The number of aliphatic carboxylic acids is 1. The molecule has 2 unspecified atom stereocenters. The highest BCUT2D eigenvalue weighted by Gasteiger charge is 2.28. The first-order valence-electron chi connectivity index (χ1n) is 16.4. The van der Waals surface area contributed by atoms with Crippen molar-refractivity contribution < 1.29 is 24.2 Å². The first kappa shape index (κ1) is 35.7. The quantitative estimate of drug-likeness (QED) is 0.0740. The molecule has 4 aromatic carbocycles. The van der Waals surface area contributed by atoms with Crippen LogP contribution in [-0.4, -0.2) is 53.0 Å². The van der Waals surface area contributed by atoms with Crippen molar-refractivity contribution in [2.45, 2.75) is 30.2 Å². The van der Waals surface area contributed by atoms with Gasteiger partial charge in [-0.25, -0.2) is 9.78 Å². The number of nitrogens with one attached hydrogen (secondary N) is 3. The van der Waals surface area contributed by atoms with Gasteiger partial charge in [0.1, 0.15) is 11.9 Å². The number of carbonyl (C=O) groups is 3. The number of anilines is 1. The molecule has 5 aromatic rings. The molecule has 0 fully saturated rings. The summed E-state index contributed by atoms with van der Waals surface area (Å²) in [6, 6.07) is 40.9. The zero-order valence-electron chi connectivity index (χ0n) is 27.5. The number of carboxylic acids is 1. The maximum Gasteiger partial charge on any atom is 0.407 e. The minimum absolute atomic E-state index is 0.122. The molecule has 0 spiro atoms. The van der Waals surface area contributed by atoms with Gasteiger partial charge < -0.3 is 25.8 Å². The van der Waals surface area contributed by atoms with Gasteiger partial charge in [0.25, 0.3) is 0 Å². The number of benzene rings is 4. The Balaban J connectivity index is 1.30. The van der Waals surface area contributed by atoms with Crippen molar-refractivity contribution in [2.75, 3.05) is 24.2 Å². The summed E-state index contributed by atoms with van der Waals surface area (Å²) in [5.74, 6) is -0.649. The van der Waals surface area contributed by atoms with Crippen LogP contribution in [0.5, 0.6) is 0 Å². The Morgan fingerprint density at radius 3 is 1.90 bits per heavy atom. The summed E-state index contributed by atoms with van der Waals surface area (Å²) in [4.78, 5) is 43.1. The number of aromatic nitrogens is 1. The van der Waals surface area contributed by atoms with Crippen LogP contribution in [0, 0.1) is 0 Å². The number of carboxylic acid groups (broad SMARTS) is 1. The van der Waals surface area contributed by atoms with Crippen LogP contribution >= 0.6 is 11.8 Å². The Morgan fingerprint density at radius 2 is 1.30 bits per heavy atom. The zero-order valence-corrected chi connectivity index (χ0v) is 28.3. The van der Waals surface area contributed by atoms with Gasteiger partial charge in [-0.3, -0.25) is 9.59 Å². The minimum atomic E-state index is -1.06. The average molecular weight is 689 g/mol. The molecule has 0 aliphatic heterocycles. The number of nitrogens with zero attached hydrogens (tertiary/aromatic N) is 1. The van der Waals surface area contributed by atoms with E-state index in [9.17, 15) is 19.5 Å². The molecule has 1 aromatic heterocycles. The standard InChI is InChI=1S/C40H40N4O5S/c45-37(46)27-34(31-22-20-30(21-23-31)29-13-4-1-5-14-29)43-39(47)35(44-40(48)49-26-12-25-42-36-19-10-11-24-41-36)28-50-38(32-15-6-2-7-16-32)33-17-8-3-9-18-33/h1-11,13-24,34-35,38H,12,25-28H2,(H,41,42)(H,43,47)(H,44,48)(H,45,46). The van der Waals surface area contributed by atoms with E-state index >= 15 is 0 Å². The topological polar surface area (TPSA) is 130 Å². The fourth-order valence-corrected chi connectivity index (χ4v) is 6.68. The highest BCUT2D eigenvalue weighted by atomic mass is 32.2. The first-order chi connectivity index (χ1) is 24.5. The lowest BCUT2D eigenvalue weighted by Crippen LogP contribution is -2.49. The molecule has 256 valence electrons. The molecule has 1 heterocycles. The smallest absolute Gasteiger partial charge is 0.407 e. The van der Waals surface area contributed by atoms with E-state index in [1.165, 1.54) is 11.8 Å². The molecule has 2 atom stereocenters. The van der Waals surface area contributed by atoms with E-state index in [1.807, 2.05) is 133 Å². The molecule has 0 saturated carbocycles. The first-order valence-corrected chi connectivity index (χ1v) is 17.5. The number of carbonyl (C=O) groups excluding carboxylic acids is 2. The Kier molecular flexibility index (Phi) is 13.4. The second-order valence-electron chi connectivity index (χ2n) is 11.5. The predicted molar refractivity (Wildman–Crippen MR) is 198 cm³/mol. The Hall–Kier alpha value is -5.61. The van der Waals surface area contributed by atoms with E-state index < -0.39 is 30.1 Å². The molecule has 0 bridgehead atoms. The summed E-state index contributed by atoms with van der Waals surface area (Å²) in [5.41, 5.74) is 4.73. The van der Waals surface area contributed by atoms with Crippen molar-refractivity contribution in [3.8, 4) is 11.1 Å². The van der Waals surface area contributed by atoms with Crippen LogP contribution in [0.3, 0.4) is 0 Å². The normalized spacial score (nSPS) is 12.0. The minimum Gasteiger partial charge on any atom is -0.481 e. The van der Waals surface area contributed by atoms with Crippen molar-refractivity contribution in [1.82, 2.24) is 15.6 Å². The third-order valence-corrected chi connectivity index (χ3v) is 9.29. The van der Waals surface area contributed by atoms with Crippen molar-refractivity contribution in [2.24, 2.45) is 0 Å². The molecule has 0 aliphatic carbocycles. The third-order valence-electron chi connectivity index (χ3n) is 7.88. The van der Waals surface area contributed by atoms with Crippen molar-refractivity contribution in [1.29, 1.82) is 0 Å². The van der Waals surface area contributed by atoms with E-state index in [0.717, 1.165) is 28.1 Å². The fourth-order valence-electron chi connectivity index (χ4n) is 5.36. The number of amides is 2. The number of alkyl carbamates (subject to hydrolysis) is 1. The van der Waals surface area contributed by atoms with Gasteiger partial charge in [-0.05, 0) is 46.4 Å². The summed E-state index contributed by atoms with van der Waals surface area (Å²) >= 11 is 1.51. The number of hydrogen-bond acceptors (Lipinski definition) is 7. The van der Waals surface area contributed by atoms with Crippen LogP contribution in [0.2, 0.25) is 0 Å². The van der Waals surface area contributed by atoms with Crippen LogP contribution < -0.4 is 16.0 Å². The number of ether oxygens (including phenoxy) is 1. The van der Waals surface area contributed by atoms with Gasteiger partial charge in [0.05, 0.1) is 24.3 Å². The molecular formula is C40H40N4O5S. The van der Waals surface area contributed by atoms with Gasteiger partial charge >= 0.3 is 12.1 Å². The lowest BCUT2D eigenvalue weighted by atomic mass is 9.99. The highest BCUT2D eigenvalue weighted by Crippen LogP contribution is 2.36. The third kappa shape index (κ3) is 11.0. The van der Waals surface area contributed by atoms with Gasteiger partial charge in [0.2, 0.25) is 5.91 Å². The van der Waals surface area contributed by atoms with Gasteiger partial charge in [0.15, 0.2) is 0 Å². The van der Waals surface area contributed by atoms with Crippen LogP contribution in [0.4, 0.5) is 10.6 Å². The maximum atomic E-state index is 13.9. The monoisotopic (exact) mass is 688 g/mol. The van der Waals surface area contributed by atoms with E-state index in [1.54, 1.807) is 6.20 Å². The van der Waals surface area contributed by atoms with Gasteiger partial charge in [-0.2, -0.15) is 0 Å². The largest absolute Gasteiger partial charge is 0.481 e. The van der Waals surface area contributed by atoms with Gasteiger partial charge in [-0.15, -0.1) is 11.8 Å². The molecule has 4 N–H and O–H groups in total. The van der Waals surface area contributed by atoms with E-state index in [-0.39, 0.29) is 24.0 Å². The van der Waals surface area contributed by atoms with Crippen LogP contribution in [-0.2, 0) is 14.3 Å². The molecule has 5 rings (SSSR count). The molecule has 9 nitrogen and oxygen atoms in total. The zero-order chi connectivity index (χ0) is 35.0. The van der Waals surface area contributed by atoms with Crippen molar-refractivity contribution >= 4 is 35.5 Å². The summed E-state index contributed by atoms with van der Waals surface area (Å²) < 4.78 is 5.45. The van der Waals surface area contributed by atoms with Crippen LogP contribution in [0.1, 0.15) is 40.8 Å². The summed E-state index contributed by atoms with van der Waals surface area (Å²) in [5, 5.41) is 18.5. The van der Waals surface area contributed by atoms with Crippen molar-refractivity contribution in [3.63, 3.8) is 0 Å². The molecule has 0 saturated heterocycles. The average Bonchev–Trinajstić information content (AvgIpc) is 3.15. The Labute approximate surface area is 296 Å². The van der Waals surface area contributed by atoms with Gasteiger partial charge in [0, 0.05) is 18.5 Å². The number of hydrogen-bond donors (Lipinski definition) is 4. The number of thioether (sulfide) groups is 1. The van der Waals surface area contributed by atoms with E-state index in [4.69, 9.17) is 4.74 Å². The Morgan fingerprint density at radius 1 is 0.700 bits per heavy atom. The summed E-state index contributed by atoms with van der Waals surface area (Å²) in [6.45, 7) is 0.666. The molecule has 50 heavy (non-hydrogen) atoms. The van der Waals surface area contributed by atoms with Crippen molar-refractivity contribution in [3.05, 3.63) is 156 Å². The molecule has 2 amide bonds. The SMILES string of the molecule is O=C(O)CC(NC(=O)C(CSC(c1ccccc1)c1ccccc1)NC(=O)OCCCNc1ccccn1)c1ccc(-c2ccccc2)cc1. The van der Waals surface area contributed by atoms with Crippen LogP contribution in [0.25, 0.3) is 11.1 Å². The predicted octanol–water partition coefficient (Wildman–Crippen LogP) is 7.50. The Bertz CT molecular complexity index is 1740. The summed E-state index contributed by atoms with van der Waals surface area (Å²) in [6.07, 6.45) is 1.15. The van der Waals surface area contributed by atoms with E-state index in [0.29, 0.717) is 18.5 Å². The fraction of sp³-hybridized carbons (Fsp3) is 0.200. The number of rotatable bonds is 17. The lowest BCUT2D eigenvalue weighted by molar-refractivity contribution is -0.137. The second-order valence-corrected chi connectivity index (χ2v) is 12.6. The summed E-state index contributed by atoms with van der Waals surface area (Å²) in [7, 11) is 0. The molecule has 10 heteroatoms. The molecular weight excluding hydrogens is 649 g/mol. The molecule has 0 radical (unpaired) electrons. The number of pyridine rings is 1. The van der Waals surface area contributed by atoms with Gasteiger partial charge in [-0.1, -0.05) is 121 Å². The van der Waals surface area contributed by atoms with Crippen LogP contribution in [0.15, 0.2) is 140 Å². The van der Waals surface area contributed by atoms with E-state index in [2.05, 4.69) is 20.9 Å². The second kappa shape index (κ2) is 18.8. The maximum absolute atomic E-state index is 13.9. The lowest BCUT2D eigenvalue weighted by Gasteiger charge is -2.25. The molecule has 0 aliphatic rings. The highest BCUT2D eigenvalue weighted by molar-refractivity contribution is 7.99.